The number of aromatic nitrogens is 1. The molecule has 1 aromatic heterocycles. The molecule has 1 fully saturated rings. The van der Waals surface area contributed by atoms with E-state index in [0.717, 1.165) is 43.5 Å². The highest BCUT2D eigenvalue weighted by Gasteiger charge is 2.15. The van der Waals surface area contributed by atoms with E-state index >= 15 is 0 Å². The van der Waals surface area contributed by atoms with Crippen LogP contribution in [0.1, 0.15) is 31.4 Å². The number of nitrogens with zero attached hydrogens (tertiary/aromatic N) is 1. The van der Waals surface area contributed by atoms with E-state index in [-0.39, 0.29) is 0 Å². The highest BCUT2D eigenvalue weighted by atomic mass is 16.4. The lowest BCUT2D eigenvalue weighted by molar-refractivity contribution is 0.337. The first-order valence-corrected chi connectivity index (χ1v) is 5.52. The molecule has 1 N–H and O–H groups in total. The molecule has 0 radical (unpaired) electrons. The van der Waals surface area contributed by atoms with E-state index in [1.165, 1.54) is 12.8 Å². The lowest BCUT2D eigenvalue weighted by Gasteiger charge is -2.20. The Morgan fingerprint density at radius 1 is 1.50 bits per heavy atom. The van der Waals surface area contributed by atoms with Crippen molar-refractivity contribution in [3.63, 3.8) is 0 Å². The first-order chi connectivity index (χ1) is 6.88. The van der Waals surface area contributed by atoms with Gasteiger partial charge in [0, 0.05) is 12.8 Å². The van der Waals surface area contributed by atoms with Crippen molar-refractivity contribution >= 4 is 0 Å². The van der Waals surface area contributed by atoms with E-state index in [1.807, 2.05) is 6.20 Å². The molecule has 1 aliphatic rings. The normalized spacial score (nSPS) is 18.6. The molecule has 2 rings (SSSR count). The average Bonchev–Trinajstić information content (AvgIpc) is 2.67. The summed E-state index contributed by atoms with van der Waals surface area (Å²) in [5, 5.41) is 3.37. The quantitative estimate of drug-likeness (QED) is 0.797. The second-order valence-corrected chi connectivity index (χ2v) is 3.97. The molecule has 1 aliphatic heterocycles. The second-order valence-electron chi connectivity index (χ2n) is 3.97. The Labute approximate surface area is 84.9 Å². The van der Waals surface area contributed by atoms with Crippen molar-refractivity contribution in [2.75, 3.05) is 13.1 Å². The standard InChI is InChI=1S/C11H18N2O/c1-2-10-8-13-11(14-10)7-9-3-5-12-6-4-9/h8-9,12H,2-7H2,1H3. The Kier molecular flexibility index (Phi) is 3.19. The van der Waals surface area contributed by atoms with Crippen LogP contribution in [-0.4, -0.2) is 18.1 Å². The number of oxazole rings is 1. The molecule has 3 heteroatoms. The topological polar surface area (TPSA) is 38.1 Å². The summed E-state index contributed by atoms with van der Waals surface area (Å²) in [6.45, 7) is 4.38. The van der Waals surface area contributed by atoms with E-state index in [9.17, 15) is 0 Å². The molecule has 0 saturated carbocycles. The summed E-state index contributed by atoms with van der Waals surface area (Å²) in [4.78, 5) is 4.29. The van der Waals surface area contributed by atoms with Gasteiger partial charge in [0.15, 0.2) is 5.89 Å². The van der Waals surface area contributed by atoms with Crippen molar-refractivity contribution in [3.05, 3.63) is 17.8 Å². The Morgan fingerprint density at radius 2 is 2.29 bits per heavy atom. The van der Waals surface area contributed by atoms with Crippen molar-refractivity contribution in [2.24, 2.45) is 5.92 Å². The Hall–Kier alpha value is -0.830. The fourth-order valence-electron chi connectivity index (χ4n) is 1.94. The summed E-state index contributed by atoms with van der Waals surface area (Å²) in [5.74, 6) is 2.70. The minimum absolute atomic E-state index is 0.764. The number of nitrogens with one attached hydrogen (secondary N) is 1. The molecule has 0 spiro atoms. The minimum atomic E-state index is 0.764. The van der Waals surface area contributed by atoms with Gasteiger partial charge >= 0.3 is 0 Å². The molecule has 0 atom stereocenters. The highest BCUT2D eigenvalue weighted by molar-refractivity contribution is 4.94. The third kappa shape index (κ3) is 2.35. The lowest BCUT2D eigenvalue weighted by Crippen LogP contribution is -2.28. The van der Waals surface area contributed by atoms with E-state index in [0.29, 0.717) is 0 Å². The number of aryl methyl sites for hydroxylation is 1. The SMILES string of the molecule is CCc1cnc(CC2CCNCC2)o1. The third-order valence-corrected chi connectivity index (χ3v) is 2.87. The minimum Gasteiger partial charge on any atom is -0.446 e. The van der Waals surface area contributed by atoms with Gasteiger partial charge in [-0.2, -0.15) is 0 Å². The van der Waals surface area contributed by atoms with Crippen molar-refractivity contribution in [3.8, 4) is 0 Å². The van der Waals surface area contributed by atoms with Crippen LogP contribution >= 0.6 is 0 Å². The third-order valence-electron chi connectivity index (χ3n) is 2.87. The molecular formula is C11H18N2O. The molecule has 78 valence electrons. The van der Waals surface area contributed by atoms with E-state index in [2.05, 4.69) is 17.2 Å². The predicted octanol–water partition coefficient (Wildman–Crippen LogP) is 1.78. The molecule has 1 aromatic rings. The fraction of sp³-hybridized carbons (Fsp3) is 0.727. The van der Waals surface area contributed by atoms with Crippen molar-refractivity contribution in [1.29, 1.82) is 0 Å². The molecule has 0 aromatic carbocycles. The molecular weight excluding hydrogens is 176 g/mol. The summed E-state index contributed by atoms with van der Waals surface area (Å²) >= 11 is 0. The van der Waals surface area contributed by atoms with Gasteiger partial charge in [0.1, 0.15) is 5.76 Å². The highest BCUT2D eigenvalue weighted by Crippen LogP contribution is 2.17. The van der Waals surface area contributed by atoms with Gasteiger partial charge in [-0.1, -0.05) is 6.92 Å². The van der Waals surface area contributed by atoms with Crippen LogP contribution < -0.4 is 5.32 Å². The van der Waals surface area contributed by atoms with Gasteiger partial charge in [0.2, 0.25) is 0 Å². The van der Waals surface area contributed by atoms with Crippen molar-refractivity contribution in [2.45, 2.75) is 32.6 Å². The summed E-state index contributed by atoms with van der Waals surface area (Å²) in [7, 11) is 0. The zero-order valence-corrected chi connectivity index (χ0v) is 8.75. The van der Waals surface area contributed by atoms with Crippen LogP contribution in [0.15, 0.2) is 10.6 Å². The van der Waals surface area contributed by atoms with E-state index in [1.54, 1.807) is 0 Å². The Morgan fingerprint density at radius 3 is 2.93 bits per heavy atom. The van der Waals surface area contributed by atoms with Crippen molar-refractivity contribution < 1.29 is 4.42 Å². The van der Waals surface area contributed by atoms with Gasteiger partial charge in [-0.3, -0.25) is 0 Å². The molecule has 14 heavy (non-hydrogen) atoms. The van der Waals surface area contributed by atoms with Crippen LogP contribution in [0.3, 0.4) is 0 Å². The smallest absolute Gasteiger partial charge is 0.194 e. The van der Waals surface area contributed by atoms with Crippen molar-refractivity contribution in [1.82, 2.24) is 10.3 Å². The number of rotatable bonds is 3. The number of hydrogen-bond acceptors (Lipinski definition) is 3. The monoisotopic (exact) mass is 194 g/mol. The summed E-state index contributed by atoms with van der Waals surface area (Å²) < 4.78 is 5.60. The van der Waals surface area contributed by atoms with E-state index in [4.69, 9.17) is 4.42 Å². The second kappa shape index (κ2) is 4.60. The summed E-state index contributed by atoms with van der Waals surface area (Å²) in [6, 6.07) is 0. The molecule has 2 heterocycles. The molecule has 0 aliphatic carbocycles. The number of piperidine rings is 1. The van der Waals surface area contributed by atoms with E-state index < -0.39 is 0 Å². The summed E-state index contributed by atoms with van der Waals surface area (Å²) in [5.41, 5.74) is 0. The van der Waals surface area contributed by atoms with Crippen LogP contribution in [-0.2, 0) is 12.8 Å². The molecule has 0 unspecified atom stereocenters. The largest absolute Gasteiger partial charge is 0.446 e. The van der Waals surface area contributed by atoms with Gasteiger partial charge < -0.3 is 9.73 Å². The Bertz CT molecular complexity index is 277. The first kappa shape index (κ1) is 9.71. The summed E-state index contributed by atoms with van der Waals surface area (Å²) in [6.07, 6.45) is 6.32. The maximum Gasteiger partial charge on any atom is 0.194 e. The van der Waals surface area contributed by atoms with Gasteiger partial charge in [-0.25, -0.2) is 4.98 Å². The van der Waals surface area contributed by atoms with Gasteiger partial charge in [0.05, 0.1) is 6.20 Å². The molecule has 0 amide bonds. The average molecular weight is 194 g/mol. The fourth-order valence-corrected chi connectivity index (χ4v) is 1.94. The van der Waals surface area contributed by atoms with Gasteiger partial charge in [-0.05, 0) is 31.8 Å². The molecule has 0 bridgehead atoms. The first-order valence-electron chi connectivity index (χ1n) is 5.52. The molecule has 1 saturated heterocycles. The van der Waals surface area contributed by atoms with Crippen LogP contribution in [0.5, 0.6) is 0 Å². The molecule has 3 nitrogen and oxygen atoms in total. The maximum absolute atomic E-state index is 5.60. The predicted molar refractivity (Wildman–Crippen MR) is 55.2 cm³/mol. The zero-order chi connectivity index (χ0) is 9.80. The number of hydrogen-bond donors (Lipinski definition) is 1. The lowest BCUT2D eigenvalue weighted by atomic mass is 9.95. The van der Waals surface area contributed by atoms with Gasteiger partial charge in [-0.15, -0.1) is 0 Å². The van der Waals surface area contributed by atoms with Crippen LogP contribution in [0.25, 0.3) is 0 Å². The van der Waals surface area contributed by atoms with Gasteiger partial charge in [0.25, 0.3) is 0 Å². The van der Waals surface area contributed by atoms with Crippen LogP contribution in [0.4, 0.5) is 0 Å². The van der Waals surface area contributed by atoms with Crippen LogP contribution in [0.2, 0.25) is 0 Å². The Balaban J connectivity index is 1.89. The van der Waals surface area contributed by atoms with Crippen LogP contribution in [0, 0.1) is 5.92 Å². The zero-order valence-electron chi connectivity index (χ0n) is 8.75. The maximum atomic E-state index is 5.60.